The minimum absolute atomic E-state index is 0. The number of halogens is 2. The standard InChI is InChI=1S/C23H30N4O2.2ClH/c1-3-28-22(24)18-6-10-20(11-7-18)26-14-5-15-27(17-16-26)21-12-8-19(9-13-21)23(25)29-4-2;;/h6-13,24-25H,3-5,14-17H2,1-2H3;2*1H. The molecule has 1 aliphatic heterocycles. The number of rotatable bonds is 6. The monoisotopic (exact) mass is 466 g/mol. The molecule has 0 spiro atoms. The molecule has 8 heteroatoms. The van der Waals surface area contributed by atoms with Crippen LogP contribution in [0.2, 0.25) is 0 Å². The molecule has 0 saturated carbocycles. The van der Waals surface area contributed by atoms with Crippen LogP contribution in [-0.2, 0) is 9.47 Å². The van der Waals surface area contributed by atoms with Crippen molar-refractivity contribution >= 4 is 23.2 Å². The summed E-state index contributed by atoms with van der Waals surface area (Å²) in [6.07, 6.45) is 1.10. The Morgan fingerprint density at radius 2 is 1.03 bits per heavy atom. The molecule has 0 radical (unpaired) electrons. The highest BCUT2D eigenvalue weighted by molar-refractivity contribution is 5.90. The Balaban J connectivity index is 0.00000240. The third kappa shape index (κ3) is 7.04. The summed E-state index contributed by atoms with van der Waals surface area (Å²) in [5.41, 5.74) is 4.29. The summed E-state index contributed by atoms with van der Waals surface area (Å²) in [5.74, 6) is 0.957. The van der Waals surface area contributed by atoms with E-state index in [9.17, 15) is 0 Å². The predicted octanol–water partition coefficient (Wildman–Crippen LogP) is -5.50. The van der Waals surface area contributed by atoms with Crippen LogP contribution in [0.15, 0.2) is 48.5 Å². The summed E-state index contributed by atoms with van der Waals surface area (Å²) in [5, 5.41) is 11.9. The van der Waals surface area contributed by atoms with Gasteiger partial charge in [0.2, 0.25) is 0 Å². The second kappa shape index (κ2) is 13.1. The lowest BCUT2D eigenvalue weighted by Crippen LogP contribution is -3.00. The molecule has 1 fully saturated rings. The second-order valence-electron chi connectivity index (χ2n) is 7.02. The summed E-state index contributed by atoms with van der Waals surface area (Å²) >= 11 is 0. The molecule has 0 unspecified atom stereocenters. The van der Waals surface area contributed by atoms with Gasteiger partial charge in [-0.2, -0.15) is 0 Å². The maximum Gasteiger partial charge on any atom is 0.366 e. The molecule has 2 aromatic rings. The van der Waals surface area contributed by atoms with Crippen LogP contribution < -0.4 is 45.4 Å². The van der Waals surface area contributed by atoms with Crippen molar-refractivity contribution < 1.29 is 45.1 Å². The Kier molecular flexibility index (Phi) is 11.2. The van der Waals surface area contributed by atoms with Crippen LogP contribution in [0.1, 0.15) is 31.4 Å². The minimum Gasteiger partial charge on any atom is -1.00 e. The largest absolute Gasteiger partial charge is 1.00 e. The smallest absolute Gasteiger partial charge is 0.366 e. The van der Waals surface area contributed by atoms with E-state index in [1.54, 1.807) is 0 Å². The molecule has 0 bridgehead atoms. The fourth-order valence-corrected chi connectivity index (χ4v) is 3.58. The van der Waals surface area contributed by atoms with Crippen molar-refractivity contribution in [3.63, 3.8) is 0 Å². The van der Waals surface area contributed by atoms with Gasteiger partial charge < -0.3 is 44.1 Å². The molecule has 0 aromatic heterocycles. The normalized spacial score (nSPS) is 13.4. The fraction of sp³-hybridized carbons (Fsp3) is 0.391. The number of hydrogen-bond acceptors (Lipinski definition) is 4. The van der Waals surface area contributed by atoms with Gasteiger partial charge in [-0.1, -0.05) is 0 Å². The van der Waals surface area contributed by atoms with E-state index in [0.717, 1.165) is 43.7 Å². The molecule has 1 heterocycles. The Morgan fingerprint density at radius 3 is 1.35 bits per heavy atom. The zero-order valence-corrected chi connectivity index (χ0v) is 19.7. The summed E-state index contributed by atoms with van der Waals surface area (Å²) in [6, 6.07) is 16.6. The van der Waals surface area contributed by atoms with Gasteiger partial charge in [0.25, 0.3) is 0 Å². The van der Waals surface area contributed by atoms with E-state index in [0.29, 0.717) is 25.0 Å². The molecule has 0 atom stereocenters. The first-order valence-corrected chi connectivity index (χ1v) is 10.3. The van der Waals surface area contributed by atoms with Crippen molar-refractivity contribution in [1.29, 1.82) is 0 Å². The first kappa shape index (κ1) is 26.6. The lowest BCUT2D eigenvalue weighted by Gasteiger charge is -2.25. The third-order valence-corrected chi connectivity index (χ3v) is 5.13. The number of hydrogen-bond donors (Lipinski definition) is 2. The van der Waals surface area contributed by atoms with E-state index in [1.165, 1.54) is 11.4 Å². The van der Waals surface area contributed by atoms with Gasteiger partial charge in [-0.15, -0.1) is 0 Å². The first-order chi connectivity index (χ1) is 14.1. The van der Waals surface area contributed by atoms with E-state index in [2.05, 4.69) is 34.1 Å². The third-order valence-electron chi connectivity index (χ3n) is 5.13. The van der Waals surface area contributed by atoms with Crippen molar-refractivity contribution in [3.05, 3.63) is 59.7 Å². The van der Waals surface area contributed by atoms with E-state index >= 15 is 0 Å². The number of nitrogens with two attached hydrogens (primary N) is 2. The van der Waals surface area contributed by atoms with Gasteiger partial charge in [-0.25, -0.2) is 10.8 Å². The summed E-state index contributed by atoms with van der Waals surface area (Å²) in [4.78, 5) is 4.85. The van der Waals surface area contributed by atoms with Crippen molar-refractivity contribution in [2.45, 2.75) is 20.3 Å². The molecule has 6 nitrogen and oxygen atoms in total. The quantitative estimate of drug-likeness (QED) is 0.329. The van der Waals surface area contributed by atoms with Gasteiger partial charge in [0.15, 0.2) is 0 Å². The highest BCUT2D eigenvalue weighted by Gasteiger charge is 2.17. The second-order valence-corrected chi connectivity index (χ2v) is 7.02. The Bertz CT molecular complexity index is 759. The van der Waals surface area contributed by atoms with Crippen LogP contribution in [0.3, 0.4) is 0 Å². The SMILES string of the molecule is CCOC(=[NH2+])c1ccc(N2CCCN(c3ccc(C(=[NH2+])OCC)cc3)CC2)cc1.[Cl-].[Cl-]. The Morgan fingerprint density at radius 1 is 0.677 bits per heavy atom. The average Bonchev–Trinajstić information content (AvgIpc) is 3.01. The molecule has 31 heavy (non-hydrogen) atoms. The molecule has 1 saturated heterocycles. The van der Waals surface area contributed by atoms with Gasteiger partial charge in [0, 0.05) is 37.6 Å². The lowest BCUT2D eigenvalue weighted by molar-refractivity contribution is -0.138. The summed E-state index contributed by atoms with van der Waals surface area (Å²) in [7, 11) is 0. The van der Waals surface area contributed by atoms with Crippen LogP contribution >= 0.6 is 0 Å². The molecule has 0 aliphatic carbocycles. The predicted molar refractivity (Wildman–Crippen MR) is 117 cm³/mol. The number of benzene rings is 2. The molecule has 2 aromatic carbocycles. The van der Waals surface area contributed by atoms with Gasteiger partial charge in [0.1, 0.15) is 0 Å². The summed E-state index contributed by atoms with van der Waals surface area (Å²) < 4.78 is 10.8. The van der Waals surface area contributed by atoms with Crippen molar-refractivity contribution in [2.75, 3.05) is 49.2 Å². The van der Waals surface area contributed by atoms with Gasteiger partial charge in [0.05, 0.1) is 24.3 Å². The van der Waals surface area contributed by atoms with Crippen LogP contribution in [-0.4, -0.2) is 51.2 Å². The molecular formula is C23H32Cl2N4O2. The maximum absolute atomic E-state index is 5.94. The lowest BCUT2D eigenvalue weighted by atomic mass is 10.2. The van der Waals surface area contributed by atoms with E-state index in [1.807, 2.05) is 38.1 Å². The van der Waals surface area contributed by atoms with E-state index in [4.69, 9.17) is 20.3 Å². The zero-order valence-electron chi connectivity index (χ0n) is 18.2. The fourth-order valence-electron chi connectivity index (χ4n) is 3.58. The summed E-state index contributed by atoms with van der Waals surface area (Å²) in [6.45, 7) is 9.03. The Labute approximate surface area is 197 Å². The molecule has 4 N–H and O–H groups in total. The molecule has 0 amide bonds. The van der Waals surface area contributed by atoms with Crippen molar-refractivity contribution in [1.82, 2.24) is 0 Å². The van der Waals surface area contributed by atoms with Gasteiger partial charge >= 0.3 is 11.8 Å². The van der Waals surface area contributed by atoms with Crippen molar-refractivity contribution in [3.8, 4) is 0 Å². The number of ether oxygens (including phenoxy) is 2. The van der Waals surface area contributed by atoms with Crippen LogP contribution in [0.5, 0.6) is 0 Å². The zero-order chi connectivity index (χ0) is 20.6. The molecular weight excluding hydrogens is 435 g/mol. The van der Waals surface area contributed by atoms with Crippen molar-refractivity contribution in [2.24, 2.45) is 0 Å². The number of anilines is 2. The highest BCUT2D eigenvalue weighted by atomic mass is 35.5. The van der Waals surface area contributed by atoms with E-state index < -0.39 is 0 Å². The number of nitrogens with zero attached hydrogens (tertiary/aromatic N) is 2. The average molecular weight is 467 g/mol. The van der Waals surface area contributed by atoms with Crippen LogP contribution in [0.25, 0.3) is 0 Å². The van der Waals surface area contributed by atoms with E-state index in [-0.39, 0.29) is 24.8 Å². The Hall–Kier alpha value is -2.44. The van der Waals surface area contributed by atoms with Gasteiger partial charge in [-0.05, 0) is 68.8 Å². The highest BCUT2D eigenvalue weighted by Crippen LogP contribution is 2.21. The maximum atomic E-state index is 5.94. The first-order valence-electron chi connectivity index (χ1n) is 10.3. The molecule has 170 valence electrons. The topological polar surface area (TPSA) is 76.1 Å². The molecule has 1 aliphatic rings. The van der Waals surface area contributed by atoms with Crippen LogP contribution in [0, 0.1) is 0 Å². The minimum atomic E-state index is 0. The van der Waals surface area contributed by atoms with Gasteiger partial charge in [-0.3, -0.25) is 0 Å². The molecule has 3 rings (SSSR count). The van der Waals surface area contributed by atoms with Crippen LogP contribution in [0.4, 0.5) is 11.4 Å².